The largest absolute Gasteiger partial charge is 0.371 e. The highest BCUT2D eigenvalue weighted by molar-refractivity contribution is 5.63. The number of aryl methyl sites for hydroxylation is 1. The second-order valence-electron chi connectivity index (χ2n) is 4.46. The number of anilines is 3. The highest BCUT2D eigenvalue weighted by atomic mass is 19.1. The molecule has 0 bridgehead atoms. The van der Waals surface area contributed by atoms with Crippen LogP contribution in [0.25, 0.3) is 0 Å². The number of nitrogens with one attached hydrogen (secondary N) is 1. The minimum absolute atomic E-state index is 0.0347. The summed E-state index contributed by atoms with van der Waals surface area (Å²) in [5.41, 5.74) is 1.89. The smallest absolute Gasteiger partial charge is 0.171 e. The van der Waals surface area contributed by atoms with E-state index in [2.05, 4.69) is 10.3 Å². The number of hydrogen-bond donors (Lipinski definition) is 1. The van der Waals surface area contributed by atoms with Crippen molar-refractivity contribution < 1.29 is 8.78 Å². The molecule has 0 atom stereocenters. The maximum absolute atomic E-state index is 14.0. The summed E-state index contributed by atoms with van der Waals surface area (Å²) in [6.45, 7) is 4.39. The quantitative estimate of drug-likeness (QED) is 0.919. The third kappa shape index (κ3) is 2.71. The maximum Gasteiger partial charge on any atom is 0.171 e. The summed E-state index contributed by atoms with van der Waals surface area (Å²) in [6.07, 6.45) is 0. The van der Waals surface area contributed by atoms with Gasteiger partial charge in [-0.15, -0.1) is 0 Å². The molecule has 106 valence electrons. The Morgan fingerprint density at radius 2 is 1.95 bits per heavy atom. The average molecular weight is 277 g/mol. The molecule has 0 spiro atoms. The zero-order valence-electron chi connectivity index (χ0n) is 11.7. The Kier molecular flexibility index (Phi) is 4.17. The molecule has 0 saturated heterocycles. The molecule has 1 heterocycles. The summed E-state index contributed by atoms with van der Waals surface area (Å²) >= 11 is 0. The lowest BCUT2D eigenvalue weighted by Crippen LogP contribution is -2.20. The van der Waals surface area contributed by atoms with Crippen molar-refractivity contribution in [3.05, 3.63) is 47.5 Å². The monoisotopic (exact) mass is 277 g/mol. The SMILES string of the molecule is CCN(c1cccc(C)c1)c1nc(NC)c(F)cc1F. The fourth-order valence-electron chi connectivity index (χ4n) is 2.07. The van der Waals surface area contributed by atoms with E-state index in [1.165, 1.54) is 0 Å². The molecule has 0 saturated carbocycles. The van der Waals surface area contributed by atoms with E-state index in [0.29, 0.717) is 6.54 Å². The average Bonchev–Trinajstić information content (AvgIpc) is 2.42. The van der Waals surface area contributed by atoms with E-state index < -0.39 is 11.6 Å². The van der Waals surface area contributed by atoms with Crippen molar-refractivity contribution in [3.63, 3.8) is 0 Å². The van der Waals surface area contributed by atoms with Crippen LogP contribution in [0.5, 0.6) is 0 Å². The molecule has 5 heteroatoms. The number of hydrogen-bond acceptors (Lipinski definition) is 3. The van der Waals surface area contributed by atoms with Gasteiger partial charge in [-0.1, -0.05) is 12.1 Å². The van der Waals surface area contributed by atoms with Crippen LogP contribution in [-0.4, -0.2) is 18.6 Å². The summed E-state index contributed by atoms with van der Waals surface area (Å²) in [7, 11) is 1.55. The summed E-state index contributed by atoms with van der Waals surface area (Å²) in [4.78, 5) is 5.74. The van der Waals surface area contributed by atoms with E-state index in [-0.39, 0.29) is 11.6 Å². The zero-order chi connectivity index (χ0) is 14.7. The molecule has 3 nitrogen and oxygen atoms in total. The summed E-state index contributed by atoms with van der Waals surface area (Å²) in [5.74, 6) is -1.23. The molecule has 0 amide bonds. The first-order chi connectivity index (χ1) is 9.56. The first kappa shape index (κ1) is 14.2. The molecule has 0 radical (unpaired) electrons. The van der Waals surface area contributed by atoms with Gasteiger partial charge in [0.25, 0.3) is 0 Å². The molecular weight excluding hydrogens is 260 g/mol. The number of rotatable bonds is 4. The topological polar surface area (TPSA) is 28.2 Å². The van der Waals surface area contributed by atoms with E-state index in [1.807, 2.05) is 38.1 Å². The van der Waals surface area contributed by atoms with Crippen molar-refractivity contribution in [2.24, 2.45) is 0 Å². The van der Waals surface area contributed by atoms with Gasteiger partial charge in [0.15, 0.2) is 23.3 Å². The number of nitrogens with zero attached hydrogens (tertiary/aromatic N) is 2. The molecule has 2 rings (SSSR count). The van der Waals surface area contributed by atoms with Crippen molar-refractivity contribution >= 4 is 17.3 Å². The fourth-order valence-corrected chi connectivity index (χ4v) is 2.07. The molecule has 1 aromatic carbocycles. The normalized spacial score (nSPS) is 10.4. The molecule has 0 aliphatic rings. The van der Waals surface area contributed by atoms with Gasteiger partial charge in [0.1, 0.15) is 0 Å². The highest BCUT2D eigenvalue weighted by Crippen LogP contribution is 2.28. The molecule has 2 aromatic rings. The zero-order valence-corrected chi connectivity index (χ0v) is 11.7. The van der Waals surface area contributed by atoms with E-state index in [0.717, 1.165) is 17.3 Å². The van der Waals surface area contributed by atoms with Crippen LogP contribution in [0.1, 0.15) is 12.5 Å². The van der Waals surface area contributed by atoms with Crippen molar-refractivity contribution in [1.82, 2.24) is 4.98 Å². The van der Waals surface area contributed by atoms with Gasteiger partial charge in [0.2, 0.25) is 0 Å². The summed E-state index contributed by atoms with van der Waals surface area (Å²) in [5, 5.41) is 2.63. The predicted octanol–water partition coefficient (Wildman–Crippen LogP) is 3.87. The molecule has 0 aliphatic heterocycles. The van der Waals surface area contributed by atoms with Crippen molar-refractivity contribution in [2.45, 2.75) is 13.8 Å². The Balaban J connectivity index is 2.52. The van der Waals surface area contributed by atoms with E-state index in [1.54, 1.807) is 11.9 Å². The Hall–Kier alpha value is -2.17. The van der Waals surface area contributed by atoms with Crippen LogP contribution < -0.4 is 10.2 Å². The van der Waals surface area contributed by atoms with E-state index in [9.17, 15) is 8.78 Å². The van der Waals surface area contributed by atoms with E-state index >= 15 is 0 Å². The molecule has 20 heavy (non-hydrogen) atoms. The molecule has 1 N–H and O–H groups in total. The van der Waals surface area contributed by atoms with E-state index in [4.69, 9.17) is 0 Å². The van der Waals surface area contributed by atoms with Gasteiger partial charge in [-0.05, 0) is 31.5 Å². The van der Waals surface area contributed by atoms with Crippen molar-refractivity contribution in [2.75, 3.05) is 23.8 Å². The van der Waals surface area contributed by atoms with Crippen LogP contribution in [0.15, 0.2) is 30.3 Å². The third-order valence-corrected chi connectivity index (χ3v) is 3.03. The first-order valence-corrected chi connectivity index (χ1v) is 6.44. The fraction of sp³-hybridized carbons (Fsp3) is 0.267. The molecule has 0 unspecified atom stereocenters. The van der Waals surface area contributed by atoms with Crippen LogP contribution in [0.2, 0.25) is 0 Å². The van der Waals surface area contributed by atoms with Crippen LogP contribution in [0.4, 0.5) is 26.1 Å². The highest BCUT2D eigenvalue weighted by Gasteiger charge is 2.17. The van der Waals surface area contributed by atoms with Crippen LogP contribution in [-0.2, 0) is 0 Å². The molecule has 0 fully saturated rings. The second kappa shape index (κ2) is 5.86. The Morgan fingerprint density at radius 1 is 1.20 bits per heavy atom. The standard InChI is InChI=1S/C15H17F2N3/c1-4-20(11-7-5-6-10(2)8-11)15-13(17)9-12(16)14(18-3)19-15/h5-9H,4H2,1-3H3,(H,18,19). The lowest BCUT2D eigenvalue weighted by atomic mass is 10.2. The number of pyridine rings is 1. The van der Waals surface area contributed by atoms with Gasteiger partial charge < -0.3 is 10.2 Å². The van der Waals surface area contributed by atoms with Gasteiger partial charge in [0.05, 0.1) is 0 Å². The van der Waals surface area contributed by atoms with Gasteiger partial charge in [-0.2, -0.15) is 0 Å². The Morgan fingerprint density at radius 3 is 2.55 bits per heavy atom. The van der Waals surface area contributed by atoms with Gasteiger partial charge in [0, 0.05) is 25.3 Å². The lowest BCUT2D eigenvalue weighted by molar-refractivity contribution is 0.575. The van der Waals surface area contributed by atoms with Gasteiger partial charge in [-0.25, -0.2) is 13.8 Å². The van der Waals surface area contributed by atoms with Gasteiger partial charge >= 0.3 is 0 Å². The van der Waals surface area contributed by atoms with Gasteiger partial charge in [-0.3, -0.25) is 0 Å². The second-order valence-corrected chi connectivity index (χ2v) is 4.46. The first-order valence-electron chi connectivity index (χ1n) is 6.44. The van der Waals surface area contributed by atoms with Crippen LogP contribution >= 0.6 is 0 Å². The number of aromatic nitrogens is 1. The summed E-state index contributed by atoms with van der Waals surface area (Å²) in [6, 6.07) is 8.53. The molecule has 1 aromatic heterocycles. The molecule has 0 aliphatic carbocycles. The third-order valence-electron chi connectivity index (χ3n) is 3.03. The number of benzene rings is 1. The minimum atomic E-state index is -0.700. The summed E-state index contributed by atoms with van der Waals surface area (Å²) < 4.78 is 27.5. The maximum atomic E-state index is 14.0. The van der Waals surface area contributed by atoms with Crippen LogP contribution in [0, 0.1) is 18.6 Å². The predicted molar refractivity (Wildman–Crippen MR) is 77.6 cm³/mol. The minimum Gasteiger partial charge on any atom is -0.371 e. The Labute approximate surface area is 117 Å². The van der Waals surface area contributed by atoms with Crippen molar-refractivity contribution in [3.8, 4) is 0 Å². The van der Waals surface area contributed by atoms with Crippen molar-refractivity contribution in [1.29, 1.82) is 0 Å². The Bertz CT molecular complexity index is 614. The number of halogens is 2. The van der Waals surface area contributed by atoms with Crippen LogP contribution in [0.3, 0.4) is 0 Å². The molecular formula is C15H17F2N3. The lowest BCUT2D eigenvalue weighted by Gasteiger charge is -2.23.